The predicted octanol–water partition coefficient (Wildman–Crippen LogP) is 0.0594. The van der Waals surface area contributed by atoms with Crippen molar-refractivity contribution in [1.82, 2.24) is 9.88 Å². The summed E-state index contributed by atoms with van der Waals surface area (Å²) in [6.45, 7) is 4.40. The molecule has 0 aliphatic carbocycles. The van der Waals surface area contributed by atoms with Crippen molar-refractivity contribution in [3.63, 3.8) is 0 Å². The van der Waals surface area contributed by atoms with Crippen molar-refractivity contribution >= 4 is 16.0 Å². The van der Waals surface area contributed by atoms with Crippen LogP contribution in [0.15, 0.2) is 9.42 Å². The molecule has 1 aliphatic heterocycles. The molecule has 8 nitrogen and oxygen atoms in total. The van der Waals surface area contributed by atoms with Crippen LogP contribution in [0.3, 0.4) is 0 Å². The van der Waals surface area contributed by atoms with Crippen LogP contribution in [0.4, 0.5) is 0 Å². The number of hydrogen-bond donors (Lipinski definition) is 2. The third-order valence-corrected chi connectivity index (χ3v) is 5.19. The lowest BCUT2D eigenvalue weighted by Gasteiger charge is -2.25. The van der Waals surface area contributed by atoms with E-state index in [4.69, 9.17) is 9.26 Å². The van der Waals surface area contributed by atoms with Crippen LogP contribution in [0.5, 0.6) is 0 Å². The Morgan fingerprint density at radius 3 is 2.65 bits per heavy atom. The van der Waals surface area contributed by atoms with Gasteiger partial charge in [0.05, 0.1) is 19.3 Å². The van der Waals surface area contributed by atoms with E-state index in [-0.39, 0.29) is 29.6 Å². The minimum absolute atomic E-state index is 0.00536. The highest BCUT2D eigenvalue weighted by atomic mass is 32.2. The molecule has 0 aromatic carbocycles. The smallest absolute Gasteiger partial charge is 0.313 e. The van der Waals surface area contributed by atoms with Gasteiger partial charge in [-0.1, -0.05) is 5.16 Å². The van der Waals surface area contributed by atoms with E-state index in [0.29, 0.717) is 0 Å². The molecule has 2 unspecified atom stereocenters. The van der Waals surface area contributed by atoms with Gasteiger partial charge < -0.3 is 14.4 Å². The molecule has 1 aliphatic rings. The summed E-state index contributed by atoms with van der Waals surface area (Å²) >= 11 is 0. The predicted molar refractivity (Wildman–Crippen MR) is 66.6 cm³/mol. The zero-order valence-electron chi connectivity index (χ0n) is 11.3. The topological polar surface area (TPSA) is 119 Å². The maximum absolute atomic E-state index is 12.3. The molecular formula is C11H16N2O6S. The summed E-state index contributed by atoms with van der Waals surface area (Å²) in [6.07, 6.45) is 0. The number of nitrogens with zero attached hydrogens (tertiary/aromatic N) is 1. The molecule has 2 atom stereocenters. The molecule has 1 saturated heterocycles. The first kappa shape index (κ1) is 14.9. The summed E-state index contributed by atoms with van der Waals surface area (Å²) < 4.78 is 37.0. The second-order valence-corrected chi connectivity index (χ2v) is 6.72. The summed E-state index contributed by atoms with van der Waals surface area (Å²) in [4.78, 5) is 11.2. The van der Waals surface area contributed by atoms with Gasteiger partial charge in [-0.15, -0.1) is 0 Å². The van der Waals surface area contributed by atoms with Crippen molar-refractivity contribution in [3.8, 4) is 0 Å². The Hall–Kier alpha value is -1.45. The molecule has 112 valence electrons. The lowest BCUT2D eigenvalue weighted by Crippen LogP contribution is -2.49. The van der Waals surface area contributed by atoms with Gasteiger partial charge in [0.1, 0.15) is 16.0 Å². The Kier molecular flexibility index (Phi) is 3.61. The summed E-state index contributed by atoms with van der Waals surface area (Å²) in [6, 6.07) is -0.848. The number of carboxylic acid groups (broad SMARTS) is 1. The van der Waals surface area contributed by atoms with Crippen molar-refractivity contribution in [2.75, 3.05) is 13.2 Å². The zero-order chi connectivity index (χ0) is 15.1. The molecule has 1 aromatic rings. The van der Waals surface area contributed by atoms with Gasteiger partial charge in [-0.25, -0.2) is 13.1 Å². The first-order valence-corrected chi connectivity index (χ1v) is 7.43. The number of aromatic nitrogens is 1. The molecule has 2 N–H and O–H groups in total. The van der Waals surface area contributed by atoms with Gasteiger partial charge in [-0.2, -0.15) is 0 Å². The monoisotopic (exact) mass is 304 g/mol. The average Bonchev–Trinajstić information content (AvgIpc) is 2.84. The molecule has 0 bridgehead atoms. The number of sulfonamides is 1. The molecule has 0 radical (unpaired) electrons. The number of carbonyl (C=O) groups is 1. The first-order chi connectivity index (χ1) is 9.18. The van der Waals surface area contributed by atoms with Crippen LogP contribution >= 0.6 is 0 Å². The minimum Gasteiger partial charge on any atom is -0.481 e. The fraction of sp³-hybridized carbons (Fsp3) is 0.636. The summed E-state index contributed by atoms with van der Waals surface area (Å²) in [5.74, 6) is -0.951. The van der Waals surface area contributed by atoms with E-state index in [1.54, 1.807) is 0 Å². The van der Waals surface area contributed by atoms with Crippen LogP contribution in [-0.4, -0.2) is 43.9 Å². The van der Waals surface area contributed by atoms with E-state index >= 15 is 0 Å². The van der Waals surface area contributed by atoms with Crippen LogP contribution in [0.1, 0.15) is 18.4 Å². The van der Waals surface area contributed by atoms with Crippen LogP contribution < -0.4 is 4.72 Å². The zero-order valence-corrected chi connectivity index (χ0v) is 12.2. The maximum Gasteiger partial charge on any atom is 0.313 e. The normalized spacial score (nSPS) is 26.9. The Labute approximate surface area is 116 Å². The van der Waals surface area contributed by atoms with Gasteiger partial charge in [0, 0.05) is 0 Å². The van der Waals surface area contributed by atoms with Crippen LogP contribution in [0.2, 0.25) is 0 Å². The first-order valence-electron chi connectivity index (χ1n) is 5.95. The third-order valence-electron chi connectivity index (χ3n) is 3.48. The van der Waals surface area contributed by atoms with Gasteiger partial charge in [-0.3, -0.25) is 4.79 Å². The van der Waals surface area contributed by atoms with Crippen LogP contribution in [0, 0.1) is 19.3 Å². The van der Waals surface area contributed by atoms with E-state index in [9.17, 15) is 18.3 Å². The van der Waals surface area contributed by atoms with Gasteiger partial charge in [0.25, 0.3) is 0 Å². The lowest BCUT2D eigenvalue weighted by molar-refractivity contribution is -0.148. The lowest BCUT2D eigenvalue weighted by atomic mass is 9.86. The number of aliphatic carboxylic acids is 1. The number of nitrogens with one attached hydrogen (secondary N) is 1. The van der Waals surface area contributed by atoms with E-state index in [1.165, 1.54) is 20.8 Å². The molecular weight excluding hydrogens is 288 g/mol. The maximum atomic E-state index is 12.3. The quantitative estimate of drug-likeness (QED) is 0.807. The molecule has 0 spiro atoms. The SMILES string of the molecule is Cc1noc(C)c1S(=O)(=O)NC1COCC1(C)C(=O)O. The van der Waals surface area contributed by atoms with Crippen LogP contribution in [0.25, 0.3) is 0 Å². The Balaban J connectivity index is 2.32. The Morgan fingerprint density at radius 1 is 1.50 bits per heavy atom. The average molecular weight is 304 g/mol. The second kappa shape index (κ2) is 4.83. The highest BCUT2D eigenvalue weighted by Crippen LogP contribution is 2.30. The minimum atomic E-state index is -3.92. The van der Waals surface area contributed by atoms with Crippen molar-refractivity contribution in [3.05, 3.63) is 11.5 Å². The number of rotatable bonds is 4. The Morgan fingerprint density at radius 2 is 2.15 bits per heavy atom. The second-order valence-electron chi connectivity index (χ2n) is 5.06. The highest BCUT2D eigenvalue weighted by Gasteiger charge is 2.48. The molecule has 0 amide bonds. The number of hydrogen-bond acceptors (Lipinski definition) is 6. The van der Waals surface area contributed by atoms with E-state index < -0.39 is 27.4 Å². The highest BCUT2D eigenvalue weighted by molar-refractivity contribution is 7.89. The van der Waals surface area contributed by atoms with Crippen LogP contribution in [-0.2, 0) is 19.6 Å². The van der Waals surface area contributed by atoms with E-state index in [2.05, 4.69) is 9.88 Å². The van der Waals surface area contributed by atoms with Gasteiger partial charge in [0.15, 0.2) is 5.76 Å². The van der Waals surface area contributed by atoms with Crippen molar-refractivity contribution < 1.29 is 27.6 Å². The standard InChI is InChI=1S/C11H16N2O6S/c1-6-9(7(2)19-12-6)20(16,17)13-8-4-18-5-11(8,3)10(14)15/h8,13H,4-5H2,1-3H3,(H,14,15). The molecule has 9 heteroatoms. The number of ether oxygens (including phenoxy) is 1. The van der Waals surface area contributed by atoms with Gasteiger partial charge in [0.2, 0.25) is 10.0 Å². The molecule has 1 fully saturated rings. The van der Waals surface area contributed by atoms with Gasteiger partial charge >= 0.3 is 5.97 Å². The summed E-state index contributed by atoms with van der Waals surface area (Å²) in [5, 5.41) is 12.8. The number of aryl methyl sites for hydroxylation is 2. The van der Waals surface area contributed by atoms with E-state index in [1.807, 2.05) is 0 Å². The molecule has 0 saturated carbocycles. The third kappa shape index (κ3) is 2.32. The molecule has 2 rings (SSSR count). The van der Waals surface area contributed by atoms with Crippen molar-refractivity contribution in [1.29, 1.82) is 0 Å². The molecule has 2 heterocycles. The van der Waals surface area contributed by atoms with E-state index in [0.717, 1.165) is 0 Å². The molecule has 20 heavy (non-hydrogen) atoms. The molecule has 1 aromatic heterocycles. The van der Waals surface area contributed by atoms with Gasteiger partial charge in [-0.05, 0) is 20.8 Å². The number of carboxylic acids is 1. The summed E-state index contributed by atoms with van der Waals surface area (Å²) in [5.41, 5.74) is -1.07. The van der Waals surface area contributed by atoms with Crippen molar-refractivity contribution in [2.24, 2.45) is 5.41 Å². The fourth-order valence-corrected chi connectivity index (χ4v) is 3.82. The largest absolute Gasteiger partial charge is 0.481 e. The summed E-state index contributed by atoms with van der Waals surface area (Å²) in [7, 11) is -3.92. The Bertz CT molecular complexity index is 618. The van der Waals surface area contributed by atoms with Crippen molar-refractivity contribution in [2.45, 2.75) is 31.7 Å². The fourth-order valence-electron chi connectivity index (χ4n) is 2.15.